The second-order valence-electron chi connectivity index (χ2n) is 7.22. The van der Waals surface area contributed by atoms with Crippen molar-refractivity contribution in [3.63, 3.8) is 0 Å². The molecule has 0 unspecified atom stereocenters. The van der Waals surface area contributed by atoms with Crippen LogP contribution in [-0.4, -0.2) is 17.6 Å². The summed E-state index contributed by atoms with van der Waals surface area (Å²) in [5.41, 5.74) is 9.92. The monoisotopic (exact) mass is 434 g/mol. The maximum absolute atomic E-state index is 14.4. The molecule has 4 rings (SSSR count). The molecule has 0 spiro atoms. The van der Waals surface area contributed by atoms with E-state index in [9.17, 15) is 9.18 Å². The fourth-order valence-corrected chi connectivity index (χ4v) is 3.54. The smallest absolute Gasteiger partial charge is 0.310 e. The van der Waals surface area contributed by atoms with E-state index in [1.807, 2.05) is 36.4 Å². The first-order chi connectivity index (χ1) is 15.6. The van der Waals surface area contributed by atoms with Gasteiger partial charge in [0.15, 0.2) is 5.82 Å². The van der Waals surface area contributed by atoms with Crippen LogP contribution in [0.4, 0.5) is 4.39 Å². The lowest BCUT2D eigenvalue weighted by Gasteiger charge is -2.13. The van der Waals surface area contributed by atoms with Crippen LogP contribution in [0.2, 0.25) is 0 Å². The van der Waals surface area contributed by atoms with Crippen LogP contribution >= 0.6 is 0 Å². The molecule has 164 valence electrons. The Morgan fingerprint density at radius 2 is 2.03 bits per heavy atom. The number of fused-ring (bicyclic) bond motifs is 1. The number of nitrogens with zero attached hydrogens (tertiary/aromatic N) is 1. The highest BCUT2D eigenvalue weighted by Gasteiger charge is 2.15. The van der Waals surface area contributed by atoms with E-state index < -0.39 is 5.82 Å². The highest BCUT2D eigenvalue weighted by Crippen LogP contribution is 2.33. The number of esters is 1. The molecular weight excluding hydrogens is 411 g/mol. The molecule has 0 radical (unpaired) electrons. The van der Waals surface area contributed by atoms with Crippen molar-refractivity contribution >= 4 is 16.9 Å². The number of pyridine rings is 1. The second-order valence-corrected chi connectivity index (χ2v) is 7.22. The number of ether oxygens (including phenoxy) is 2. The molecule has 7 heteroatoms. The van der Waals surface area contributed by atoms with Gasteiger partial charge < -0.3 is 19.6 Å². The SMILES string of the molecule is CCOC(=O)Cc1ccccc1OCc1cc(-c2ccnc(CN)c2)c2occ(F)c2c1. The fourth-order valence-electron chi connectivity index (χ4n) is 3.54. The molecule has 2 aromatic heterocycles. The molecule has 0 atom stereocenters. The summed E-state index contributed by atoms with van der Waals surface area (Å²) in [5, 5.41) is 0.368. The van der Waals surface area contributed by atoms with Crippen molar-refractivity contribution in [1.82, 2.24) is 4.98 Å². The van der Waals surface area contributed by atoms with Crippen molar-refractivity contribution in [3.05, 3.63) is 83.6 Å². The first-order valence-corrected chi connectivity index (χ1v) is 10.3. The van der Waals surface area contributed by atoms with Gasteiger partial charge >= 0.3 is 5.97 Å². The molecule has 0 fully saturated rings. The molecule has 2 N–H and O–H groups in total. The third-order valence-electron chi connectivity index (χ3n) is 5.03. The van der Waals surface area contributed by atoms with Crippen LogP contribution in [0.3, 0.4) is 0 Å². The first kappa shape index (κ1) is 21.5. The molecule has 6 nitrogen and oxygen atoms in total. The second kappa shape index (κ2) is 9.62. The fraction of sp³-hybridized carbons (Fsp3) is 0.200. The summed E-state index contributed by atoms with van der Waals surface area (Å²) < 4.78 is 30.9. The minimum Gasteiger partial charge on any atom is -0.489 e. The molecule has 0 aliphatic heterocycles. The topological polar surface area (TPSA) is 87.6 Å². The van der Waals surface area contributed by atoms with Crippen LogP contribution in [0.25, 0.3) is 22.1 Å². The molecule has 0 aliphatic rings. The van der Waals surface area contributed by atoms with Crippen LogP contribution in [-0.2, 0) is 29.1 Å². The number of benzene rings is 2. The normalized spacial score (nSPS) is 11.0. The number of carbonyl (C=O) groups is 1. The van der Waals surface area contributed by atoms with Crippen molar-refractivity contribution in [2.24, 2.45) is 5.73 Å². The van der Waals surface area contributed by atoms with E-state index in [0.29, 0.717) is 29.9 Å². The van der Waals surface area contributed by atoms with Gasteiger partial charge in [-0.3, -0.25) is 9.78 Å². The van der Waals surface area contributed by atoms with E-state index in [-0.39, 0.29) is 19.0 Å². The summed E-state index contributed by atoms with van der Waals surface area (Å²) in [6.07, 6.45) is 2.87. The Morgan fingerprint density at radius 1 is 1.19 bits per heavy atom. The number of halogens is 1. The van der Waals surface area contributed by atoms with Gasteiger partial charge in [0.1, 0.15) is 24.2 Å². The Balaban J connectivity index is 1.65. The van der Waals surface area contributed by atoms with Gasteiger partial charge in [0.05, 0.1) is 24.1 Å². The van der Waals surface area contributed by atoms with Crippen molar-refractivity contribution in [2.75, 3.05) is 6.61 Å². The number of hydrogen-bond acceptors (Lipinski definition) is 6. The Labute approximate surface area is 184 Å². The van der Waals surface area contributed by atoms with Gasteiger partial charge in [-0.25, -0.2) is 4.39 Å². The summed E-state index contributed by atoms with van der Waals surface area (Å²) >= 11 is 0. The van der Waals surface area contributed by atoms with Crippen molar-refractivity contribution in [3.8, 4) is 16.9 Å². The minimum absolute atomic E-state index is 0.115. The molecule has 0 aliphatic carbocycles. The van der Waals surface area contributed by atoms with Gasteiger partial charge in [0.2, 0.25) is 0 Å². The van der Waals surface area contributed by atoms with Gasteiger partial charge in [-0.05, 0) is 48.4 Å². The van der Waals surface area contributed by atoms with Crippen LogP contribution in [0.1, 0.15) is 23.7 Å². The third-order valence-corrected chi connectivity index (χ3v) is 5.03. The molecule has 0 saturated heterocycles. The molecule has 0 saturated carbocycles. The van der Waals surface area contributed by atoms with Gasteiger partial charge in [0, 0.05) is 23.9 Å². The van der Waals surface area contributed by atoms with Crippen molar-refractivity contribution in [1.29, 1.82) is 0 Å². The molecule has 0 amide bonds. The highest BCUT2D eigenvalue weighted by molar-refractivity contribution is 5.93. The van der Waals surface area contributed by atoms with Crippen LogP contribution in [0.5, 0.6) is 5.75 Å². The number of carbonyl (C=O) groups excluding carboxylic acids is 1. The zero-order chi connectivity index (χ0) is 22.5. The van der Waals surface area contributed by atoms with Crippen molar-refractivity contribution < 1.29 is 23.1 Å². The Hall–Kier alpha value is -3.71. The van der Waals surface area contributed by atoms with Gasteiger partial charge in [0.25, 0.3) is 0 Å². The maximum atomic E-state index is 14.4. The number of aromatic nitrogens is 1. The minimum atomic E-state index is -0.445. The van der Waals surface area contributed by atoms with Gasteiger partial charge in [-0.2, -0.15) is 0 Å². The Morgan fingerprint density at radius 3 is 2.84 bits per heavy atom. The summed E-state index contributed by atoms with van der Waals surface area (Å²) in [6, 6.07) is 14.6. The molecule has 32 heavy (non-hydrogen) atoms. The predicted molar refractivity (Wildman–Crippen MR) is 118 cm³/mol. The zero-order valence-corrected chi connectivity index (χ0v) is 17.6. The number of para-hydroxylation sites is 1. The van der Waals surface area contributed by atoms with Crippen LogP contribution in [0.15, 0.2) is 65.4 Å². The van der Waals surface area contributed by atoms with E-state index >= 15 is 0 Å². The van der Waals surface area contributed by atoms with Gasteiger partial charge in [-0.15, -0.1) is 0 Å². The lowest BCUT2D eigenvalue weighted by molar-refractivity contribution is -0.142. The molecular formula is C25H23FN2O4. The number of furan rings is 1. The number of nitrogens with two attached hydrogens (primary N) is 1. The first-order valence-electron chi connectivity index (χ1n) is 10.3. The van der Waals surface area contributed by atoms with Crippen LogP contribution < -0.4 is 10.5 Å². The molecule has 2 heterocycles. The average molecular weight is 434 g/mol. The van der Waals surface area contributed by atoms with E-state index in [1.165, 1.54) is 0 Å². The lowest BCUT2D eigenvalue weighted by atomic mass is 10.0. The lowest BCUT2D eigenvalue weighted by Crippen LogP contribution is -2.09. The highest BCUT2D eigenvalue weighted by atomic mass is 19.1. The van der Waals surface area contributed by atoms with Gasteiger partial charge in [-0.1, -0.05) is 18.2 Å². The Bertz CT molecular complexity index is 1250. The average Bonchev–Trinajstić information content (AvgIpc) is 3.19. The zero-order valence-electron chi connectivity index (χ0n) is 17.6. The summed E-state index contributed by atoms with van der Waals surface area (Å²) in [4.78, 5) is 16.1. The van der Waals surface area contributed by atoms with E-state index in [0.717, 1.165) is 34.2 Å². The summed E-state index contributed by atoms with van der Waals surface area (Å²) in [5.74, 6) is -0.191. The Kier molecular flexibility index (Phi) is 6.47. The third kappa shape index (κ3) is 4.63. The standard InChI is InChI=1S/C25H23FN2O4/c1-2-30-24(29)12-18-5-3-4-6-23(18)31-14-16-9-20(17-7-8-28-19(11-17)13-27)25-21(10-16)22(26)15-32-25/h3-11,15H,2,12-14,27H2,1H3. The van der Waals surface area contributed by atoms with Crippen LogP contribution in [0, 0.1) is 5.82 Å². The van der Waals surface area contributed by atoms with E-state index in [4.69, 9.17) is 19.6 Å². The van der Waals surface area contributed by atoms with E-state index in [1.54, 1.807) is 25.3 Å². The maximum Gasteiger partial charge on any atom is 0.310 e. The predicted octanol–water partition coefficient (Wildman–Crippen LogP) is 4.78. The number of rotatable bonds is 8. The molecule has 2 aromatic carbocycles. The molecule has 0 bridgehead atoms. The number of hydrogen-bond donors (Lipinski definition) is 1. The summed E-state index contributed by atoms with van der Waals surface area (Å²) in [6.45, 7) is 2.57. The molecule has 4 aromatic rings. The largest absolute Gasteiger partial charge is 0.489 e. The summed E-state index contributed by atoms with van der Waals surface area (Å²) in [7, 11) is 0. The van der Waals surface area contributed by atoms with Crippen molar-refractivity contribution in [2.45, 2.75) is 26.5 Å². The quantitative estimate of drug-likeness (QED) is 0.402. The van der Waals surface area contributed by atoms with E-state index in [2.05, 4.69) is 4.98 Å².